The van der Waals surface area contributed by atoms with Crippen LogP contribution in [0.15, 0.2) is 23.1 Å². The average Bonchev–Trinajstić information content (AvgIpc) is 3.16. The molecule has 0 aromatic heterocycles. The third-order valence-corrected chi connectivity index (χ3v) is 4.94. The molecular weight excluding hydrogens is 282 g/mol. The molecule has 0 amide bonds. The first-order chi connectivity index (χ1) is 9.08. The number of benzene rings is 1. The molecule has 0 N–H and O–H groups in total. The van der Waals surface area contributed by atoms with Gasteiger partial charge < -0.3 is 4.74 Å². The Morgan fingerprint density at radius 3 is 2.89 bits per heavy atom. The minimum atomic E-state index is -0.162. The summed E-state index contributed by atoms with van der Waals surface area (Å²) >= 11 is 7.54. The van der Waals surface area contributed by atoms with Crippen LogP contribution < -0.4 is 0 Å². The molecule has 0 atom stereocenters. The highest BCUT2D eigenvalue weighted by molar-refractivity contribution is 7.99. The number of esters is 1. The first-order valence-electron chi connectivity index (χ1n) is 5.98. The van der Waals surface area contributed by atoms with E-state index < -0.39 is 0 Å². The lowest BCUT2D eigenvalue weighted by Crippen LogP contribution is -2.13. The normalized spacial score (nSPS) is 15.6. The average molecular weight is 296 g/mol. The summed E-state index contributed by atoms with van der Waals surface area (Å²) in [5.74, 6) is 0.654. The fourth-order valence-corrected chi connectivity index (χ4v) is 3.43. The summed E-state index contributed by atoms with van der Waals surface area (Å²) in [6, 6.07) is 7.41. The van der Waals surface area contributed by atoms with Gasteiger partial charge in [0.25, 0.3) is 0 Å². The van der Waals surface area contributed by atoms with Gasteiger partial charge in [-0.05, 0) is 36.5 Å². The molecule has 1 aliphatic carbocycles. The fraction of sp³-hybridized carbons (Fsp3) is 0.429. The third-order valence-electron chi connectivity index (χ3n) is 3.30. The van der Waals surface area contributed by atoms with Crippen molar-refractivity contribution in [2.24, 2.45) is 5.41 Å². The van der Waals surface area contributed by atoms with E-state index in [9.17, 15) is 4.79 Å². The number of rotatable bonds is 5. The van der Waals surface area contributed by atoms with Gasteiger partial charge in [-0.2, -0.15) is 5.26 Å². The lowest BCUT2D eigenvalue weighted by Gasteiger charge is -2.13. The summed E-state index contributed by atoms with van der Waals surface area (Å²) in [6.45, 7) is 0. The number of hydrogen-bond acceptors (Lipinski definition) is 4. The zero-order valence-corrected chi connectivity index (χ0v) is 12.2. The Morgan fingerprint density at radius 2 is 2.32 bits per heavy atom. The van der Waals surface area contributed by atoms with Gasteiger partial charge in [0.05, 0.1) is 19.1 Å². The van der Waals surface area contributed by atoms with Crippen molar-refractivity contribution in [3.8, 4) is 6.07 Å². The number of halogens is 1. The van der Waals surface area contributed by atoms with E-state index in [1.165, 1.54) is 7.11 Å². The smallest absolute Gasteiger partial charge is 0.306 e. The van der Waals surface area contributed by atoms with Crippen molar-refractivity contribution in [2.75, 3.05) is 12.9 Å². The molecule has 0 unspecified atom stereocenters. The number of nitrogens with zero attached hydrogens (tertiary/aromatic N) is 1. The van der Waals surface area contributed by atoms with Crippen molar-refractivity contribution in [1.29, 1.82) is 5.26 Å². The summed E-state index contributed by atoms with van der Waals surface area (Å²) < 4.78 is 4.72. The van der Waals surface area contributed by atoms with Gasteiger partial charge in [-0.3, -0.25) is 4.79 Å². The summed E-state index contributed by atoms with van der Waals surface area (Å²) in [5.41, 5.74) is 0.676. The summed E-state index contributed by atoms with van der Waals surface area (Å²) in [7, 11) is 1.41. The molecule has 0 aliphatic heterocycles. The molecule has 1 aliphatic rings. The minimum absolute atomic E-state index is 0.0484. The van der Waals surface area contributed by atoms with Crippen LogP contribution in [-0.4, -0.2) is 18.8 Å². The summed E-state index contributed by atoms with van der Waals surface area (Å²) in [5, 5.41) is 9.68. The van der Waals surface area contributed by atoms with Crippen LogP contribution in [0.5, 0.6) is 0 Å². The topological polar surface area (TPSA) is 50.1 Å². The number of methoxy groups -OCH3 is 1. The second kappa shape index (κ2) is 5.85. The van der Waals surface area contributed by atoms with E-state index in [2.05, 4.69) is 6.07 Å². The molecule has 19 heavy (non-hydrogen) atoms. The highest BCUT2D eigenvalue weighted by Gasteiger charge is 2.44. The maximum Gasteiger partial charge on any atom is 0.306 e. The van der Waals surface area contributed by atoms with Gasteiger partial charge in [-0.1, -0.05) is 11.6 Å². The lowest BCUT2D eigenvalue weighted by atomic mass is 10.1. The highest BCUT2D eigenvalue weighted by Crippen LogP contribution is 2.52. The Balaban J connectivity index is 2.01. The van der Waals surface area contributed by atoms with Crippen molar-refractivity contribution in [2.45, 2.75) is 24.2 Å². The van der Waals surface area contributed by atoms with E-state index in [-0.39, 0.29) is 11.4 Å². The molecule has 1 aromatic carbocycles. The number of nitriles is 1. The second-order valence-electron chi connectivity index (χ2n) is 4.79. The Hall–Kier alpha value is -1.18. The molecule has 1 aromatic rings. The van der Waals surface area contributed by atoms with Crippen LogP contribution in [0.25, 0.3) is 0 Å². The van der Waals surface area contributed by atoms with Crippen molar-refractivity contribution >= 4 is 29.3 Å². The molecule has 5 heteroatoms. The van der Waals surface area contributed by atoms with Crippen molar-refractivity contribution in [1.82, 2.24) is 0 Å². The standard InChI is InChI=1S/C14H14ClNO2S/c1-18-13(17)7-14(4-5-14)9-19-12-6-11(15)3-2-10(12)8-16/h2-3,6H,4-5,7,9H2,1H3. The molecule has 2 rings (SSSR count). The van der Waals surface area contributed by atoms with E-state index in [4.69, 9.17) is 21.6 Å². The second-order valence-corrected chi connectivity index (χ2v) is 6.25. The van der Waals surface area contributed by atoms with E-state index in [1.54, 1.807) is 30.0 Å². The SMILES string of the molecule is COC(=O)CC1(CSc2cc(Cl)ccc2C#N)CC1. The zero-order valence-electron chi connectivity index (χ0n) is 10.6. The Kier molecular flexibility index (Phi) is 4.38. The number of ether oxygens (including phenoxy) is 1. The zero-order chi connectivity index (χ0) is 13.9. The minimum Gasteiger partial charge on any atom is -0.469 e. The third kappa shape index (κ3) is 3.65. The van der Waals surface area contributed by atoms with Crippen molar-refractivity contribution in [3.05, 3.63) is 28.8 Å². The number of carbonyl (C=O) groups is 1. The van der Waals surface area contributed by atoms with E-state index in [0.717, 1.165) is 23.5 Å². The van der Waals surface area contributed by atoms with E-state index in [1.807, 2.05) is 0 Å². The van der Waals surface area contributed by atoms with E-state index >= 15 is 0 Å². The van der Waals surface area contributed by atoms with E-state index in [0.29, 0.717) is 17.0 Å². The van der Waals surface area contributed by atoms with Crippen LogP contribution in [0, 0.1) is 16.7 Å². The largest absolute Gasteiger partial charge is 0.469 e. The van der Waals surface area contributed by atoms with Gasteiger partial charge in [-0.25, -0.2) is 0 Å². The van der Waals surface area contributed by atoms with Crippen LogP contribution >= 0.6 is 23.4 Å². The van der Waals surface area contributed by atoms with Crippen molar-refractivity contribution in [3.63, 3.8) is 0 Å². The molecule has 3 nitrogen and oxygen atoms in total. The highest BCUT2D eigenvalue weighted by atomic mass is 35.5. The molecule has 1 saturated carbocycles. The molecule has 100 valence electrons. The molecule has 0 bridgehead atoms. The monoisotopic (exact) mass is 295 g/mol. The molecular formula is C14H14ClNO2S. The van der Waals surface area contributed by atoms with Crippen LogP contribution in [-0.2, 0) is 9.53 Å². The van der Waals surface area contributed by atoms with Crippen LogP contribution in [0.2, 0.25) is 5.02 Å². The Bertz CT molecular complexity index is 535. The maximum atomic E-state index is 11.4. The van der Waals surface area contributed by atoms with Crippen LogP contribution in [0.4, 0.5) is 0 Å². The number of thioether (sulfide) groups is 1. The molecule has 1 fully saturated rings. The predicted octanol–water partition coefficient (Wildman–Crippen LogP) is 3.65. The molecule has 0 spiro atoms. The van der Waals surface area contributed by atoms with Crippen LogP contribution in [0.3, 0.4) is 0 Å². The maximum absolute atomic E-state index is 11.4. The van der Waals surface area contributed by atoms with Crippen LogP contribution in [0.1, 0.15) is 24.8 Å². The summed E-state index contributed by atoms with van der Waals surface area (Å²) in [6.07, 6.45) is 2.54. The predicted molar refractivity (Wildman–Crippen MR) is 75.2 cm³/mol. The molecule has 0 heterocycles. The van der Waals surface area contributed by atoms with Gasteiger partial charge in [-0.15, -0.1) is 11.8 Å². The number of hydrogen-bond donors (Lipinski definition) is 0. The quantitative estimate of drug-likeness (QED) is 0.614. The van der Waals surface area contributed by atoms with Gasteiger partial charge >= 0.3 is 5.97 Å². The van der Waals surface area contributed by atoms with Gasteiger partial charge in [0.2, 0.25) is 0 Å². The summed E-state index contributed by atoms with van der Waals surface area (Å²) in [4.78, 5) is 12.2. The molecule has 0 radical (unpaired) electrons. The van der Waals surface area contributed by atoms with Gasteiger partial charge in [0, 0.05) is 15.7 Å². The molecule has 0 saturated heterocycles. The first kappa shape index (κ1) is 14.2. The van der Waals surface area contributed by atoms with Gasteiger partial charge in [0.1, 0.15) is 6.07 Å². The lowest BCUT2D eigenvalue weighted by molar-refractivity contribution is -0.141. The fourth-order valence-electron chi connectivity index (χ4n) is 1.87. The van der Waals surface area contributed by atoms with Crippen molar-refractivity contribution < 1.29 is 9.53 Å². The Morgan fingerprint density at radius 1 is 1.58 bits per heavy atom. The first-order valence-corrected chi connectivity index (χ1v) is 7.34. The number of carbonyl (C=O) groups excluding carboxylic acids is 1. The Labute approximate surface area is 121 Å². The van der Waals surface area contributed by atoms with Gasteiger partial charge in [0.15, 0.2) is 0 Å².